The van der Waals surface area contributed by atoms with Gasteiger partial charge in [0.05, 0.1) is 73.7 Å². The lowest BCUT2D eigenvalue weighted by molar-refractivity contribution is -0.125. The largest absolute Gasteiger partial charge is 0.508 e. The van der Waals surface area contributed by atoms with Gasteiger partial charge in [-0.2, -0.15) is 4.98 Å². The summed E-state index contributed by atoms with van der Waals surface area (Å²) in [7, 11) is -2.38. The van der Waals surface area contributed by atoms with Crippen molar-refractivity contribution in [1.82, 2.24) is 30.0 Å². The van der Waals surface area contributed by atoms with E-state index in [2.05, 4.69) is 35.7 Å². The van der Waals surface area contributed by atoms with Crippen molar-refractivity contribution < 1.29 is 52.3 Å². The Kier molecular flexibility index (Phi) is 15.6. The number of anilines is 6. The summed E-state index contributed by atoms with van der Waals surface area (Å²) in [6.07, 6.45) is 3.80. The molecule has 1 fully saturated rings. The number of piperidine rings is 1. The fourth-order valence-electron chi connectivity index (χ4n) is 8.54. The molecule has 2 amide bonds. The topological polar surface area (TPSA) is 256 Å². The van der Waals surface area contributed by atoms with E-state index < -0.39 is 15.9 Å². The molecule has 4 aromatic carbocycles. The Balaban J connectivity index is 0.746. The van der Waals surface area contributed by atoms with E-state index in [-0.39, 0.29) is 76.4 Å². The Morgan fingerprint density at radius 2 is 1.54 bits per heavy atom. The number of carbonyl (C=O) groups is 2. The number of amides is 2. The Labute approximate surface area is 417 Å². The van der Waals surface area contributed by atoms with Crippen molar-refractivity contribution in [3.05, 3.63) is 96.2 Å². The third kappa shape index (κ3) is 11.2. The smallest absolute Gasteiger partial charge is 0.319 e. The fraction of sp³-hybridized carbons (Fsp3) is 0.360. The van der Waals surface area contributed by atoms with Gasteiger partial charge < -0.3 is 54.7 Å². The lowest BCUT2D eigenvalue weighted by atomic mass is 9.95. The number of carbonyl (C=O) groups excluding carboxylic acids is 2. The van der Waals surface area contributed by atoms with E-state index in [1.54, 1.807) is 61.6 Å². The van der Waals surface area contributed by atoms with E-state index in [0.717, 1.165) is 16.2 Å². The highest BCUT2D eigenvalue weighted by atomic mass is 32.2. The molecule has 2 aromatic heterocycles. The van der Waals surface area contributed by atoms with E-state index in [4.69, 9.17) is 18.9 Å². The zero-order chi connectivity index (χ0) is 51.1. The maximum Gasteiger partial charge on any atom is 0.319 e. The zero-order valence-corrected chi connectivity index (χ0v) is 41.4. The number of phenolic OH excluding ortho intramolecular Hbond substituents is 2. The Morgan fingerprint density at radius 3 is 2.26 bits per heavy atom. The number of aromatic nitrogens is 5. The molecule has 6 aromatic rings. The molecule has 4 heterocycles. The molecule has 0 saturated carbocycles. The molecule has 22 heteroatoms. The number of aromatic hydroxyl groups is 3. The van der Waals surface area contributed by atoms with Gasteiger partial charge in [0.1, 0.15) is 35.3 Å². The van der Waals surface area contributed by atoms with Crippen LogP contribution in [0.4, 0.5) is 34.5 Å². The van der Waals surface area contributed by atoms with Crippen LogP contribution in [0.5, 0.6) is 29.0 Å². The van der Waals surface area contributed by atoms with Crippen LogP contribution in [-0.4, -0.2) is 133 Å². The summed E-state index contributed by atoms with van der Waals surface area (Å²) < 4.78 is 52.0. The Morgan fingerprint density at radius 1 is 0.833 bits per heavy atom. The molecule has 0 bridgehead atoms. The first-order valence-corrected chi connectivity index (χ1v) is 25.4. The average molecular weight is 1010 g/mol. The van der Waals surface area contributed by atoms with E-state index in [9.17, 15) is 33.3 Å². The second-order valence-corrected chi connectivity index (χ2v) is 19.2. The number of phenols is 2. The molecule has 0 spiro atoms. The van der Waals surface area contributed by atoms with Crippen molar-refractivity contribution in [3.63, 3.8) is 0 Å². The first kappa shape index (κ1) is 50.7. The van der Waals surface area contributed by atoms with Crippen LogP contribution in [0.1, 0.15) is 55.5 Å². The number of sulfonamides is 1. The zero-order valence-electron chi connectivity index (χ0n) is 40.6. The van der Waals surface area contributed by atoms with Gasteiger partial charge in [0, 0.05) is 50.4 Å². The Bertz CT molecular complexity index is 3020. The minimum atomic E-state index is -3.93. The van der Waals surface area contributed by atoms with Crippen LogP contribution in [0.2, 0.25) is 0 Å². The second-order valence-electron chi connectivity index (χ2n) is 17.4. The summed E-state index contributed by atoms with van der Waals surface area (Å²) >= 11 is 0. The molecular weight excluding hydrogens is 949 g/mol. The molecule has 380 valence electrons. The van der Waals surface area contributed by atoms with Crippen LogP contribution >= 0.6 is 0 Å². The summed E-state index contributed by atoms with van der Waals surface area (Å²) in [5.41, 5.74) is 3.57. The SMILES string of the molecule is CCOc1cc(N2CCC(C(=O)NCCOCCOCCOc3ccc(-n4c(O)nnc4-c4cc(C(C)C)c(O)cc4O)cc3)CC2)ccc1Nc1ncc2c(n1)N(S(C)(=O)=O)c1ccccc1C(=O)N2C. The van der Waals surface area contributed by atoms with Crippen LogP contribution in [0.25, 0.3) is 17.1 Å². The number of nitrogens with one attached hydrogen (secondary N) is 2. The van der Waals surface area contributed by atoms with Gasteiger partial charge in [0.25, 0.3) is 5.91 Å². The van der Waals surface area contributed by atoms with Crippen molar-refractivity contribution in [3.8, 4) is 46.1 Å². The number of rotatable bonds is 20. The number of hydrogen-bond acceptors (Lipinski definition) is 17. The predicted molar refractivity (Wildman–Crippen MR) is 270 cm³/mol. The van der Waals surface area contributed by atoms with Crippen LogP contribution in [-0.2, 0) is 24.3 Å². The van der Waals surface area contributed by atoms with Gasteiger partial charge in [-0.25, -0.2) is 22.3 Å². The van der Waals surface area contributed by atoms with Crippen molar-refractivity contribution in [2.75, 3.05) is 92.0 Å². The number of nitrogens with zero attached hydrogens (tertiary/aromatic N) is 8. The minimum Gasteiger partial charge on any atom is -0.508 e. The normalized spacial score (nSPS) is 14.0. The number of fused-ring (bicyclic) bond motifs is 2. The lowest BCUT2D eigenvalue weighted by Crippen LogP contribution is -2.41. The molecule has 2 aliphatic rings. The van der Waals surface area contributed by atoms with Crippen LogP contribution < -0.4 is 34.2 Å². The van der Waals surface area contributed by atoms with Crippen LogP contribution in [0.3, 0.4) is 0 Å². The summed E-state index contributed by atoms with van der Waals surface area (Å²) in [5, 5.41) is 45.4. The van der Waals surface area contributed by atoms with Gasteiger partial charge in [-0.1, -0.05) is 31.1 Å². The minimum absolute atomic E-state index is 0.0146. The quantitative estimate of drug-likeness (QED) is 0.0531. The van der Waals surface area contributed by atoms with Crippen molar-refractivity contribution in [1.29, 1.82) is 0 Å². The highest BCUT2D eigenvalue weighted by Crippen LogP contribution is 2.42. The maximum absolute atomic E-state index is 13.4. The first-order valence-electron chi connectivity index (χ1n) is 23.5. The highest BCUT2D eigenvalue weighted by molar-refractivity contribution is 7.92. The monoisotopic (exact) mass is 1010 g/mol. The van der Waals surface area contributed by atoms with E-state index >= 15 is 0 Å². The number of hydrogen-bond donors (Lipinski definition) is 5. The van der Waals surface area contributed by atoms with Crippen molar-refractivity contribution >= 4 is 56.4 Å². The second kappa shape index (κ2) is 22.2. The fourth-order valence-corrected chi connectivity index (χ4v) is 9.50. The lowest BCUT2D eigenvalue weighted by Gasteiger charge is -2.33. The molecule has 0 aliphatic carbocycles. The number of benzene rings is 4. The molecule has 21 nitrogen and oxygen atoms in total. The van der Waals surface area contributed by atoms with Gasteiger partial charge in [0.2, 0.25) is 21.9 Å². The molecule has 5 N–H and O–H groups in total. The summed E-state index contributed by atoms with van der Waals surface area (Å²) in [4.78, 5) is 39.0. The molecule has 0 radical (unpaired) electrons. The molecule has 8 rings (SSSR count). The van der Waals surface area contributed by atoms with Gasteiger partial charge in [-0.3, -0.25) is 9.59 Å². The van der Waals surface area contributed by atoms with E-state index in [0.29, 0.717) is 99.5 Å². The standard InChI is InChI=1S/C50H58N10O11S/c1-6-70-44-27-34(13-16-39(44)53-49-52-30-41-46(54-49)60(72(5,66)67)40-10-8-7-9-36(40)48(64)57(41)4)58-20-17-32(18-21-58)47(63)51-19-22-68-23-24-69-25-26-71-35-14-11-33(12-15-35)59-45(55-56-50(59)65)38-28-37(31(2)3)42(61)29-43(38)62/h7-16,27-32,61-62H,6,17-26H2,1-5H3,(H,51,63)(H,56,65)(H,52,53,54). The molecule has 0 atom stereocenters. The summed E-state index contributed by atoms with van der Waals surface area (Å²) in [5.74, 6) is 0.644. The molecule has 0 unspecified atom stereocenters. The molecule has 1 saturated heterocycles. The predicted octanol–water partition coefficient (Wildman–Crippen LogP) is 6.24. The summed E-state index contributed by atoms with van der Waals surface area (Å²) in [6, 6.07) is 21.6. The highest BCUT2D eigenvalue weighted by Gasteiger charge is 2.35. The molecule has 72 heavy (non-hydrogen) atoms. The van der Waals surface area contributed by atoms with Crippen LogP contribution in [0.15, 0.2) is 85.1 Å². The third-order valence-corrected chi connectivity index (χ3v) is 13.2. The number of para-hydroxylation sites is 1. The van der Waals surface area contributed by atoms with Crippen molar-refractivity contribution in [2.45, 2.75) is 39.5 Å². The van der Waals surface area contributed by atoms with Crippen LogP contribution in [0, 0.1) is 5.92 Å². The maximum atomic E-state index is 13.4. The average Bonchev–Trinajstić information content (AvgIpc) is 3.71. The van der Waals surface area contributed by atoms with Gasteiger partial charge >= 0.3 is 6.01 Å². The van der Waals surface area contributed by atoms with Gasteiger partial charge in [-0.15, -0.1) is 5.10 Å². The summed E-state index contributed by atoms with van der Waals surface area (Å²) in [6.45, 7) is 9.40. The third-order valence-electron chi connectivity index (χ3n) is 12.2. The molecule has 2 aliphatic heterocycles. The van der Waals surface area contributed by atoms with Crippen molar-refractivity contribution in [2.24, 2.45) is 5.92 Å². The van der Waals surface area contributed by atoms with Gasteiger partial charge in [0.15, 0.2) is 11.6 Å². The number of ether oxygens (including phenoxy) is 4. The van der Waals surface area contributed by atoms with E-state index in [1.807, 2.05) is 39.0 Å². The van der Waals surface area contributed by atoms with E-state index in [1.165, 1.54) is 21.7 Å². The Hall–Kier alpha value is -7.69. The molecular formula is C50H58N10O11S. The first-order chi connectivity index (χ1) is 34.6. The van der Waals surface area contributed by atoms with Gasteiger partial charge in [-0.05, 0) is 85.8 Å².